The van der Waals surface area contributed by atoms with Gasteiger partial charge in [-0.05, 0) is 24.6 Å². The molecule has 0 amide bonds. The first-order valence-corrected chi connectivity index (χ1v) is 9.29. The van der Waals surface area contributed by atoms with E-state index >= 15 is 0 Å². The van der Waals surface area contributed by atoms with Crippen LogP contribution in [-0.4, -0.2) is 42.8 Å². The first kappa shape index (κ1) is 14.9. The molecular weight excluding hydrogens is 308 g/mol. The van der Waals surface area contributed by atoms with E-state index in [0.29, 0.717) is 18.0 Å². The summed E-state index contributed by atoms with van der Waals surface area (Å²) in [6.45, 7) is 5.06. The van der Waals surface area contributed by atoms with Gasteiger partial charge in [0, 0.05) is 26.2 Å². The standard InChI is InChI=1S/C18H20N2O2S/c1-15-7-9-17(10-8-15)23(21,22)20-13-18(14-20)12-19(18)11-16-5-3-2-4-6-16/h2-10H,11-14H2,1H3. The van der Waals surface area contributed by atoms with Crippen molar-refractivity contribution in [1.29, 1.82) is 0 Å². The molecule has 2 heterocycles. The Hall–Kier alpha value is -1.69. The molecule has 0 aliphatic carbocycles. The lowest BCUT2D eigenvalue weighted by atomic mass is 10.0. The molecule has 4 nitrogen and oxygen atoms in total. The summed E-state index contributed by atoms with van der Waals surface area (Å²) in [6.07, 6.45) is 0. The highest BCUT2D eigenvalue weighted by molar-refractivity contribution is 7.89. The Morgan fingerprint density at radius 3 is 2.26 bits per heavy atom. The molecule has 2 aliphatic rings. The van der Waals surface area contributed by atoms with Crippen LogP contribution in [0, 0.1) is 6.92 Å². The first-order chi connectivity index (χ1) is 11.0. The van der Waals surface area contributed by atoms with E-state index in [1.807, 2.05) is 37.3 Å². The summed E-state index contributed by atoms with van der Waals surface area (Å²) in [5, 5.41) is 0. The summed E-state index contributed by atoms with van der Waals surface area (Å²) in [4.78, 5) is 2.76. The molecule has 2 aliphatic heterocycles. The van der Waals surface area contributed by atoms with Crippen LogP contribution in [0.5, 0.6) is 0 Å². The molecular formula is C18H20N2O2S. The monoisotopic (exact) mass is 328 g/mol. The molecule has 120 valence electrons. The van der Waals surface area contributed by atoms with Crippen molar-refractivity contribution in [2.45, 2.75) is 23.9 Å². The zero-order chi connectivity index (χ0) is 16.1. The van der Waals surface area contributed by atoms with Gasteiger partial charge in [-0.15, -0.1) is 0 Å². The minimum Gasteiger partial charge on any atom is -0.288 e. The van der Waals surface area contributed by atoms with Crippen LogP contribution in [-0.2, 0) is 16.6 Å². The third kappa shape index (κ3) is 2.59. The van der Waals surface area contributed by atoms with Crippen molar-refractivity contribution in [1.82, 2.24) is 9.21 Å². The van der Waals surface area contributed by atoms with E-state index < -0.39 is 10.0 Å². The lowest BCUT2D eigenvalue weighted by Crippen LogP contribution is -2.58. The van der Waals surface area contributed by atoms with Crippen molar-refractivity contribution in [3.05, 3.63) is 65.7 Å². The highest BCUT2D eigenvalue weighted by Gasteiger charge is 2.62. The summed E-state index contributed by atoms with van der Waals surface area (Å²) in [5.74, 6) is 0. The molecule has 5 heteroatoms. The van der Waals surface area contributed by atoms with Crippen molar-refractivity contribution >= 4 is 10.0 Å². The van der Waals surface area contributed by atoms with Crippen molar-refractivity contribution in [3.63, 3.8) is 0 Å². The summed E-state index contributed by atoms with van der Waals surface area (Å²) < 4.78 is 26.8. The van der Waals surface area contributed by atoms with Gasteiger partial charge in [-0.2, -0.15) is 4.31 Å². The summed E-state index contributed by atoms with van der Waals surface area (Å²) in [5.41, 5.74) is 2.43. The van der Waals surface area contributed by atoms with Crippen LogP contribution in [0.3, 0.4) is 0 Å². The third-order valence-electron chi connectivity index (χ3n) is 4.87. The summed E-state index contributed by atoms with van der Waals surface area (Å²) in [7, 11) is -3.34. The van der Waals surface area contributed by atoms with Gasteiger partial charge in [-0.1, -0.05) is 48.0 Å². The van der Waals surface area contributed by atoms with Gasteiger partial charge in [-0.3, -0.25) is 4.90 Å². The average molecular weight is 328 g/mol. The normalized spacial score (nSPS) is 22.7. The lowest BCUT2D eigenvalue weighted by molar-refractivity contribution is 0.183. The number of hydrogen-bond donors (Lipinski definition) is 0. The molecule has 0 radical (unpaired) electrons. The maximum atomic E-state index is 12.6. The van der Waals surface area contributed by atoms with Crippen LogP contribution in [0.1, 0.15) is 11.1 Å². The minimum absolute atomic E-state index is 0.0770. The molecule has 0 saturated carbocycles. The molecule has 4 rings (SSSR count). The second-order valence-corrected chi connectivity index (χ2v) is 8.59. The fraction of sp³-hybridized carbons (Fsp3) is 0.333. The van der Waals surface area contributed by atoms with Gasteiger partial charge in [-0.25, -0.2) is 8.42 Å². The zero-order valence-electron chi connectivity index (χ0n) is 13.1. The van der Waals surface area contributed by atoms with E-state index in [1.54, 1.807) is 16.4 Å². The highest BCUT2D eigenvalue weighted by Crippen LogP contribution is 2.44. The van der Waals surface area contributed by atoms with Crippen molar-refractivity contribution in [2.24, 2.45) is 0 Å². The van der Waals surface area contributed by atoms with E-state index in [9.17, 15) is 8.42 Å². The molecule has 1 unspecified atom stereocenters. The van der Waals surface area contributed by atoms with Crippen LogP contribution < -0.4 is 0 Å². The van der Waals surface area contributed by atoms with Crippen molar-refractivity contribution < 1.29 is 8.42 Å². The number of nitrogens with zero attached hydrogens (tertiary/aromatic N) is 2. The molecule has 2 fully saturated rings. The van der Waals surface area contributed by atoms with Crippen molar-refractivity contribution in [3.8, 4) is 0 Å². The predicted octanol–water partition coefficient (Wildman–Crippen LogP) is 2.25. The SMILES string of the molecule is Cc1ccc(S(=O)(=O)N2CC3(CN3Cc3ccccc3)C2)cc1. The lowest BCUT2D eigenvalue weighted by Gasteiger charge is -2.39. The molecule has 1 atom stereocenters. The molecule has 0 aromatic heterocycles. The summed E-state index contributed by atoms with van der Waals surface area (Å²) in [6, 6.07) is 17.4. The predicted molar refractivity (Wildman–Crippen MR) is 89.5 cm³/mol. The second kappa shape index (κ2) is 5.16. The molecule has 2 aromatic rings. The highest BCUT2D eigenvalue weighted by atomic mass is 32.2. The number of hydrogen-bond acceptors (Lipinski definition) is 3. The molecule has 23 heavy (non-hydrogen) atoms. The maximum Gasteiger partial charge on any atom is 0.243 e. The van der Waals surface area contributed by atoms with Gasteiger partial charge in [0.2, 0.25) is 10.0 Å². The second-order valence-electron chi connectivity index (χ2n) is 6.65. The minimum atomic E-state index is -3.34. The molecule has 2 saturated heterocycles. The van der Waals surface area contributed by atoms with Crippen LogP contribution in [0.4, 0.5) is 0 Å². The van der Waals surface area contributed by atoms with Crippen LogP contribution >= 0.6 is 0 Å². The fourth-order valence-corrected chi connectivity index (χ4v) is 4.89. The maximum absolute atomic E-state index is 12.6. The van der Waals surface area contributed by atoms with Gasteiger partial charge in [0.25, 0.3) is 0 Å². The van der Waals surface area contributed by atoms with E-state index in [0.717, 1.165) is 18.7 Å². The van der Waals surface area contributed by atoms with E-state index in [-0.39, 0.29) is 5.54 Å². The Bertz CT molecular complexity index is 810. The van der Waals surface area contributed by atoms with Gasteiger partial charge in [0.05, 0.1) is 10.4 Å². The largest absolute Gasteiger partial charge is 0.288 e. The Labute approximate surface area is 137 Å². The summed E-state index contributed by atoms with van der Waals surface area (Å²) >= 11 is 0. The Balaban J connectivity index is 1.41. The Morgan fingerprint density at radius 2 is 1.61 bits per heavy atom. The van der Waals surface area contributed by atoms with E-state index in [2.05, 4.69) is 17.0 Å². The van der Waals surface area contributed by atoms with Crippen LogP contribution in [0.2, 0.25) is 0 Å². The number of rotatable bonds is 4. The zero-order valence-corrected chi connectivity index (χ0v) is 14.0. The van der Waals surface area contributed by atoms with E-state index in [1.165, 1.54) is 5.56 Å². The van der Waals surface area contributed by atoms with Crippen molar-refractivity contribution in [2.75, 3.05) is 19.6 Å². The number of sulfonamides is 1. The topological polar surface area (TPSA) is 40.4 Å². The Morgan fingerprint density at radius 1 is 0.957 bits per heavy atom. The molecule has 1 spiro atoms. The molecule has 2 aromatic carbocycles. The number of aryl methyl sites for hydroxylation is 1. The third-order valence-corrected chi connectivity index (χ3v) is 6.67. The van der Waals surface area contributed by atoms with E-state index in [4.69, 9.17) is 0 Å². The fourth-order valence-electron chi connectivity index (χ4n) is 3.29. The van der Waals surface area contributed by atoms with Gasteiger partial charge in [0.1, 0.15) is 0 Å². The first-order valence-electron chi connectivity index (χ1n) is 7.85. The molecule has 0 bridgehead atoms. The average Bonchev–Trinajstić information content (AvgIpc) is 3.21. The van der Waals surface area contributed by atoms with Crippen LogP contribution in [0.25, 0.3) is 0 Å². The molecule has 0 N–H and O–H groups in total. The quantitative estimate of drug-likeness (QED) is 0.808. The van der Waals surface area contributed by atoms with Crippen LogP contribution in [0.15, 0.2) is 59.5 Å². The van der Waals surface area contributed by atoms with Gasteiger partial charge < -0.3 is 0 Å². The van der Waals surface area contributed by atoms with Gasteiger partial charge in [0.15, 0.2) is 0 Å². The number of benzene rings is 2. The Kier molecular flexibility index (Phi) is 3.34. The smallest absolute Gasteiger partial charge is 0.243 e. The van der Waals surface area contributed by atoms with Gasteiger partial charge >= 0.3 is 0 Å².